The van der Waals surface area contributed by atoms with E-state index in [4.69, 9.17) is 34.8 Å². The number of rotatable bonds is 8. The topological polar surface area (TPSA) is 6.48 Å². The van der Waals surface area contributed by atoms with Crippen molar-refractivity contribution in [3.8, 4) is 11.1 Å². The second-order valence-corrected chi connectivity index (χ2v) is 12.8. The second kappa shape index (κ2) is 14.3. The molecular weight excluding hydrogens is 662 g/mol. The van der Waals surface area contributed by atoms with Gasteiger partial charge in [0.1, 0.15) is 5.54 Å². The van der Waals surface area contributed by atoms with Crippen LogP contribution in [0, 0.1) is 0 Å². The van der Waals surface area contributed by atoms with Crippen LogP contribution in [0.15, 0.2) is 170 Å². The maximum Gasteiger partial charge on any atom is 0.117 e. The van der Waals surface area contributed by atoms with Crippen molar-refractivity contribution >= 4 is 47.2 Å². The zero-order valence-electron chi connectivity index (χ0n) is 25.4. The first kappa shape index (κ1) is 32.7. The zero-order valence-corrected chi connectivity index (χ0v) is 28.5. The van der Waals surface area contributed by atoms with E-state index in [-0.39, 0.29) is 18.4 Å². The Bertz CT molecular complexity index is 1810. The standard InChI is InChI=1S/C41H31Cl3N2.ClH/c42-37-21-15-34(16-22-37)41(35-17-23-38(43)24-18-35,36-19-25-39(44)26-20-36)46-28-27-45(29-46)40(32-9-5-2-6-10-32)33-13-11-31(12-14-33)30-7-3-1-4-8-30;/h1-28,40H,29H2;1H. The Morgan fingerprint density at radius 2 is 0.851 bits per heavy atom. The van der Waals surface area contributed by atoms with Crippen LogP contribution in [0.4, 0.5) is 0 Å². The third kappa shape index (κ3) is 6.52. The molecule has 6 heteroatoms. The number of nitrogens with zero attached hydrogens (tertiary/aromatic N) is 2. The highest BCUT2D eigenvalue weighted by molar-refractivity contribution is 6.31. The van der Waals surface area contributed by atoms with Crippen LogP contribution in [0.1, 0.15) is 33.9 Å². The van der Waals surface area contributed by atoms with Gasteiger partial charge in [-0.2, -0.15) is 0 Å². The van der Waals surface area contributed by atoms with E-state index < -0.39 is 5.54 Å². The Labute approximate surface area is 297 Å². The van der Waals surface area contributed by atoms with E-state index in [9.17, 15) is 0 Å². The number of benzene rings is 6. The number of hydrogen-bond acceptors (Lipinski definition) is 2. The van der Waals surface area contributed by atoms with Crippen molar-refractivity contribution in [3.05, 3.63) is 213 Å². The van der Waals surface area contributed by atoms with E-state index in [1.54, 1.807) is 0 Å². The van der Waals surface area contributed by atoms with E-state index in [0.29, 0.717) is 21.7 Å². The summed E-state index contributed by atoms with van der Waals surface area (Å²) in [5.74, 6) is 0. The van der Waals surface area contributed by atoms with Crippen molar-refractivity contribution in [2.45, 2.75) is 11.6 Å². The summed E-state index contributed by atoms with van der Waals surface area (Å²) >= 11 is 19.3. The van der Waals surface area contributed by atoms with Gasteiger partial charge in [0.2, 0.25) is 0 Å². The Morgan fingerprint density at radius 3 is 1.32 bits per heavy atom. The van der Waals surface area contributed by atoms with Gasteiger partial charge in [-0.3, -0.25) is 0 Å². The molecule has 1 atom stereocenters. The normalized spacial score (nSPS) is 13.3. The highest BCUT2D eigenvalue weighted by Crippen LogP contribution is 2.46. The molecule has 1 aliphatic rings. The quantitative estimate of drug-likeness (QED) is 0.146. The van der Waals surface area contributed by atoms with Gasteiger partial charge in [0.15, 0.2) is 0 Å². The first-order valence-corrected chi connectivity index (χ1v) is 16.3. The Balaban J connectivity index is 0.00000386. The van der Waals surface area contributed by atoms with Gasteiger partial charge in [-0.15, -0.1) is 12.4 Å². The molecule has 0 N–H and O–H groups in total. The average Bonchev–Trinajstić information content (AvgIpc) is 3.58. The monoisotopic (exact) mass is 692 g/mol. The molecule has 234 valence electrons. The highest BCUT2D eigenvalue weighted by atomic mass is 35.5. The predicted octanol–water partition coefficient (Wildman–Crippen LogP) is 11.9. The summed E-state index contributed by atoms with van der Waals surface area (Å²) in [6, 6.07) is 54.5. The SMILES string of the molecule is Cl.Clc1ccc(C(c2ccc(Cl)cc2)(c2ccc(Cl)cc2)N2C=CN(C(c3ccccc3)c3ccc(-c4ccccc4)cc3)C2)cc1. The lowest BCUT2D eigenvalue weighted by atomic mass is 9.76. The summed E-state index contributed by atoms with van der Waals surface area (Å²) in [4.78, 5) is 4.81. The molecule has 47 heavy (non-hydrogen) atoms. The Kier molecular flexibility index (Phi) is 9.96. The molecule has 6 aromatic carbocycles. The second-order valence-electron chi connectivity index (χ2n) is 11.5. The maximum absolute atomic E-state index is 6.43. The summed E-state index contributed by atoms with van der Waals surface area (Å²) in [5.41, 5.74) is 7.37. The van der Waals surface area contributed by atoms with Crippen LogP contribution in [-0.4, -0.2) is 16.5 Å². The molecule has 1 heterocycles. The largest absolute Gasteiger partial charge is 0.347 e. The van der Waals surface area contributed by atoms with Crippen LogP contribution in [-0.2, 0) is 5.54 Å². The van der Waals surface area contributed by atoms with E-state index in [0.717, 1.165) is 16.7 Å². The molecule has 0 saturated heterocycles. The molecule has 0 amide bonds. The summed E-state index contributed by atoms with van der Waals surface area (Å²) in [6.45, 7) is 0.619. The smallest absolute Gasteiger partial charge is 0.117 e. The van der Waals surface area contributed by atoms with Gasteiger partial charge in [0.25, 0.3) is 0 Å². The molecule has 0 radical (unpaired) electrons. The van der Waals surface area contributed by atoms with Crippen LogP contribution in [0.2, 0.25) is 15.1 Å². The Morgan fingerprint density at radius 1 is 0.447 bits per heavy atom. The molecule has 2 nitrogen and oxygen atoms in total. The third-order valence-corrected chi connectivity index (χ3v) is 9.51. The lowest BCUT2D eigenvalue weighted by molar-refractivity contribution is 0.162. The van der Waals surface area contributed by atoms with E-state index in [2.05, 4.69) is 137 Å². The third-order valence-electron chi connectivity index (χ3n) is 8.75. The van der Waals surface area contributed by atoms with Gasteiger partial charge in [0, 0.05) is 27.5 Å². The van der Waals surface area contributed by atoms with Crippen LogP contribution in [0.25, 0.3) is 11.1 Å². The van der Waals surface area contributed by atoms with Crippen LogP contribution < -0.4 is 0 Å². The van der Waals surface area contributed by atoms with E-state index in [1.165, 1.54) is 22.3 Å². The molecule has 0 fully saturated rings. The minimum atomic E-state index is -0.705. The van der Waals surface area contributed by atoms with Crippen LogP contribution >= 0.6 is 47.2 Å². The first-order valence-electron chi connectivity index (χ1n) is 15.2. The van der Waals surface area contributed by atoms with Gasteiger partial charge < -0.3 is 9.80 Å². The maximum atomic E-state index is 6.43. The molecule has 0 bridgehead atoms. The van der Waals surface area contributed by atoms with Gasteiger partial charge >= 0.3 is 0 Å². The summed E-state index contributed by atoms with van der Waals surface area (Å²) in [7, 11) is 0. The van der Waals surface area contributed by atoms with E-state index >= 15 is 0 Å². The van der Waals surface area contributed by atoms with Crippen molar-refractivity contribution in [3.63, 3.8) is 0 Å². The van der Waals surface area contributed by atoms with Gasteiger partial charge in [0.05, 0.1) is 12.7 Å². The Hall–Kier alpha value is -4.18. The molecule has 6 aromatic rings. The predicted molar refractivity (Wildman–Crippen MR) is 199 cm³/mol. The number of hydrogen-bond donors (Lipinski definition) is 0. The fourth-order valence-corrected chi connectivity index (χ4v) is 6.97. The molecular formula is C41H32Cl4N2. The molecule has 1 unspecified atom stereocenters. The molecule has 7 rings (SSSR count). The van der Waals surface area contributed by atoms with Crippen molar-refractivity contribution in [2.75, 3.05) is 6.67 Å². The zero-order chi connectivity index (χ0) is 31.5. The summed E-state index contributed by atoms with van der Waals surface area (Å²) in [6.07, 6.45) is 4.41. The van der Waals surface area contributed by atoms with Crippen LogP contribution in [0.3, 0.4) is 0 Å². The molecule has 0 aliphatic carbocycles. The molecule has 0 spiro atoms. The molecule has 0 aromatic heterocycles. The van der Waals surface area contributed by atoms with Crippen molar-refractivity contribution in [1.29, 1.82) is 0 Å². The van der Waals surface area contributed by atoms with Gasteiger partial charge in [-0.1, -0.05) is 156 Å². The minimum Gasteiger partial charge on any atom is -0.347 e. The molecule has 1 aliphatic heterocycles. The summed E-state index contributed by atoms with van der Waals surface area (Å²) in [5, 5.41) is 2.06. The van der Waals surface area contributed by atoms with Crippen molar-refractivity contribution in [2.24, 2.45) is 0 Å². The van der Waals surface area contributed by atoms with Gasteiger partial charge in [-0.05, 0) is 75.3 Å². The average molecular weight is 695 g/mol. The fraction of sp³-hybridized carbons (Fsp3) is 0.0732. The summed E-state index contributed by atoms with van der Waals surface area (Å²) < 4.78 is 0. The lowest BCUT2D eigenvalue weighted by Gasteiger charge is -2.45. The fourth-order valence-electron chi connectivity index (χ4n) is 6.59. The van der Waals surface area contributed by atoms with Gasteiger partial charge in [-0.25, -0.2) is 0 Å². The lowest BCUT2D eigenvalue weighted by Crippen LogP contribution is -2.46. The van der Waals surface area contributed by atoms with Crippen molar-refractivity contribution < 1.29 is 0 Å². The van der Waals surface area contributed by atoms with E-state index in [1.807, 2.05) is 42.5 Å². The number of halogens is 4. The minimum absolute atomic E-state index is 0. The molecule has 0 saturated carbocycles. The van der Waals surface area contributed by atoms with Crippen molar-refractivity contribution in [1.82, 2.24) is 9.80 Å². The van der Waals surface area contributed by atoms with Crippen LogP contribution in [0.5, 0.6) is 0 Å². The highest BCUT2D eigenvalue weighted by Gasteiger charge is 2.44. The first-order chi connectivity index (χ1) is 22.5.